The van der Waals surface area contributed by atoms with Crippen molar-refractivity contribution in [2.45, 2.75) is 19.4 Å². The summed E-state index contributed by atoms with van der Waals surface area (Å²) in [6.45, 7) is 4.54. The van der Waals surface area contributed by atoms with Crippen LogP contribution in [-0.2, 0) is 4.74 Å². The summed E-state index contributed by atoms with van der Waals surface area (Å²) in [5.41, 5.74) is 7.56. The molecule has 2 rings (SSSR count). The van der Waals surface area contributed by atoms with Gasteiger partial charge in [-0.2, -0.15) is 0 Å². The van der Waals surface area contributed by atoms with Gasteiger partial charge in [-0.3, -0.25) is 0 Å². The maximum atomic E-state index is 6.19. The van der Waals surface area contributed by atoms with Gasteiger partial charge in [0.15, 0.2) is 0 Å². The Balaban J connectivity index is 2.32. The summed E-state index contributed by atoms with van der Waals surface area (Å²) in [6, 6.07) is 5.76. The molecule has 2 N–H and O–H groups in total. The van der Waals surface area contributed by atoms with E-state index in [0.717, 1.165) is 37.4 Å². The SMILES string of the molecule is CCC1CN(c2cccc(Cl)c2C(N)=S)CCO1. The lowest BCUT2D eigenvalue weighted by molar-refractivity contribution is 0.0384. The first kappa shape index (κ1) is 13.6. The van der Waals surface area contributed by atoms with Gasteiger partial charge in [0.25, 0.3) is 0 Å². The van der Waals surface area contributed by atoms with Crippen LogP contribution in [0.25, 0.3) is 0 Å². The highest BCUT2D eigenvalue weighted by atomic mass is 35.5. The van der Waals surface area contributed by atoms with Crippen LogP contribution in [-0.4, -0.2) is 30.8 Å². The molecule has 0 aromatic heterocycles. The van der Waals surface area contributed by atoms with E-state index < -0.39 is 0 Å². The molecule has 1 aromatic rings. The van der Waals surface area contributed by atoms with Gasteiger partial charge in [-0.15, -0.1) is 0 Å². The van der Waals surface area contributed by atoms with Crippen LogP contribution in [0.4, 0.5) is 5.69 Å². The van der Waals surface area contributed by atoms with Crippen LogP contribution in [0.15, 0.2) is 18.2 Å². The fourth-order valence-corrected chi connectivity index (χ4v) is 2.75. The molecule has 1 fully saturated rings. The van der Waals surface area contributed by atoms with Gasteiger partial charge in [0.05, 0.1) is 23.3 Å². The van der Waals surface area contributed by atoms with Gasteiger partial charge in [-0.1, -0.05) is 36.8 Å². The third-order valence-corrected chi connectivity index (χ3v) is 3.69. The minimum atomic E-state index is 0.261. The van der Waals surface area contributed by atoms with Gasteiger partial charge in [-0.05, 0) is 18.6 Å². The summed E-state index contributed by atoms with van der Waals surface area (Å²) in [6.07, 6.45) is 1.26. The molecule has 3 nitrogen and oxygen atoms in total. The maximum absolute atomic E-state index is 6.19. The predicted molar refractivity (Wildman–Crippen MR) is 79.6 cm³/mol. The number of benzene rings is 1. The van der Waals surface area contributed by atoms with E-state index in [1.54, 1.807) is 0 Å². The minimum Gasteiger partial charge on any atom is -0.389 e. The van der Waals surface area contributed by atoms with Crippen LogP contribution in [0.3, 0.4) is 0 Å². The van der Waals surface area contributed by atoms with Crippen LogP contribution >= 0.6 is 23.8 Å². The molecule has 1 unspecified atom stereocenters. The molecule has 0 spiro atoms. The van der Waals surface area contributed by atoms with Gasteiger partial charge in [0.1, 0.15) is 4.99 Å². The Bertz CT molecular complexity index is 453. The zero-order chi connectivity index (χ0) is 13.1. The molecule has 5 heteroatoms. The summed E-state index contributed by atoms with van der Waals surface area (Å²) in [7, 11) is 0. The lowest BCUT2D eigenvalue weighted by Gasteiger charge is -2.35. The average molecular weight is 285 g/mol. The standard InChI is InChI=1S/C13H17ClN2OS/c1-2-9-8-16(6-7-17-9)11-5-3-4-10(14)12(11)13(15)18/h3-5,9H,2,6-8H2,1H3,(H2,15,18). The molecule has 1 aliphatic rings. The Morgan fingerprint density at radius 1 is 1.61 bits per heavy atom. The quantitative estimate of drug-likeness (QED) is 0.866. The normalized spacial score (nSPS) is 19.9. The predicted octanol–water partition coefficient (Wildman–Crippen LogP) is 2.59. The molecular weight excluding hydrogens is 268 g/mol. The van der Waals surface area contributed by atoms with Crippen molar-refractivity contribution >= 4 is 34.5 Å². The van der Waals surface area contributed by atoms with Gasteiger partial charge < -0.3 is 15.4 Å². The largest absolute Gasteiger partial charge is 0.389 e. The molecule has 98 valence electrons. The number of rotatable bonds is 3. The third-order valence-electron chi connectivity index (χ3n) is 3.17. The van der Waals surface area contributed by atoms with Crippen LogP contribution < -0.4 is 10.6 Å². The van der Waals surface area contributed by atoms with Crippen molar-refractivity contribution in [3.63, 3.8) is 0 Å². The highest BCUT2D eigenvalue weighted by Crippen LogP contribution is 2.29. The van der Waals surface area contributed by atoms with Crippen molar-refractivity contribution in [2.24, 2.45) is 5.73 Å². The number of hydrogen-bond acceptors (Lipinski definition) is 3. The van der Waals surface area contributed by atoms with E-state index in [1.807, 2.05) is 18.2 Å². The Morgan fingerprint density at radius 2 is 2.39 bits per heavy atom. The molecule has 1 heterocycles. The van der Waals surface area contributed by atoms with Gasteiger partial charge in [0.2, 0.25) is 0 Å². The van der Waals surface area contributed by atoms with E-state index in [1.165, 1.54) is 0 Å². The highest BCUT2D eigenvalue weighted by Gasteiger charge is 2.22. The number of nitrogens with two attached hydrogens (primary N) is 1. The molecule has 0 radical (unpaired) electrons. The number of morpholine rings is 1. The molecule has 1 saturated heterocycles. The van der Waals surface area contributed by atoms with Crippen molar-refractivity contribution < 1.29 is 4.74 Å². The maximum Gasteiger partial charge on any atom is 0.107 e. The van der Waals surface area contributed by atoms with Crippen molar-refractivity contribution in [1.82, 2.24) is 0 Å². The van der Waals surface area contributed by atoms with Crippen LogP contribution in [0.1, 0.15) is 18.9 Å². The molecular formula is C13H17ClN2OS. The number of hydrogen-bond donors (Lipinski definition) is 1. The first-order chi connectivity index (χ1) is 8.63. The monoisotopic (exact) mass is 284 g/mol. The first-order valence-corrected chi connectivity index (χ1v) is 6.87. The third kappa shape index (κ3) is 2.76. The summed E-state index contributed by atoms with van der Waals surface area (Å²) in [5.74, 6) is 0. The summed E-state index contributed by atoms with van der Waals surface area (Å²) >= 11 is 11.3. The molecule has 1 aromatic carbocycles. The van der Waals surface area contributed by atoms with Gasteiger partial charge >= 0.3 is 0 Å². The number of ether oxygens (including phenoxy) is 1. The Morgan fingerprint density at radius 3 is 3.06 bits per heavy atom. The van der Waals surface area contributed by atoms with E-state index in [2.05, 4.69) is 11.8 Å². The van der Waals surface area contributed by atoms with E-state index in [9.17, 15) is 0 Å². The first-order valence-electron chi connectivity index (χ1n) is 6.08. The molecule has 0 amide bonds. The molecule has 0 aliphatic carbocycles. The smallest absolute Gasteiger partial charge is 0.107 e. The average Bonchev–Trinajstić information content (AvgIpc) is 2.38. The Hall–Kier alpha value is -0.840. The second-order valence-corrected chi connectivity index (χ2v) is 5.19. The van der Waals surface area contributed by atoms with Gasteiger partial charge in [0, 0.05) is 18.8 Å². The van der Waals surface area contributed by atoms with Crippen LogP contribution in [0, 0.1) is 0 Å². The molecule has 18 heavy (non-hydrogen) atoms. The zero-order valence-corrected chi connectivity index (χ0v) is 11.9. The van der Waals surface area contributed by atoms with Gasteiger partial charge in [-0.25, -0.2) is 0 Å². The second kappa shape index (κ2) is 5.87. The molecule has 0 bridgehead atoms. The van der Waals surface area contributed by atoms with Crippen molar-refractivity contribution in [3.8, 4) is 0 Å². The Kier molecular flexibility index (Phi) is 4.43. The van der Waals surface area contributed by atoms with E-state index in [-0.39, 0.29) is 6.10 Å². The van der Waals surface area contributed by atoms with Crippen molar-refractivity contribution in [3.05, 3.63) is 28.8 Å². The number of nitrogens with zero attached hydrogens (tertiary/aromatic N) is 1. The van der Waals surface area contributed by atoms with Crippen molar-refractivity contribution in [1.29, 1.82) is 0 Å². The molecule has 1 aliphatic heterocycles. The zero-order valence-electron chi connectivity index (χ0n) is 10.4. The Labute approximate surface area is 118 Å². The van der Waals surface area contributed by atoms with E-state index in [4.69, 9.17) is 34.3 Å². The highest BCUT2D eigenvalue weighted by molar-refractivity contribution is 7.80. The van der Waals surface area contributed by atoms with E-state index in [0.29, 0.717) is 10.0 Å². The molecule has 0 saturated carbocycles. The fourth-order valence-electron chi connectivity index (χ4n) is 2.21. The summed E-state index contributed by atoms with van der Waals surface area (Å²) in [5, 5.41) is 0.611. The fraction of sp³-hybridized carbons (Fsp3) is 0.462. The minimum absolute atomic E-state index is 0.261. The van der Waals surface area contributed by atoms with E-state index >= 15 is 0 Å². The number of halogens is 1. The lowest BCUT2D eigenvalue weighted by Crippen LogP contribution is -2.43. The topological polar surface area (TPSA) is 38.5 Å². The summed E-state index contributed by atoms with van der Waals surface area (Å²) < 4.78 is 5.67. The van der Waals surface area contributed by atoms with Crippen LogP contribution in [0.2, 0.25) is 5.02 Å². The number of thiocarbonyl (C=S) groups is 1. The lowest BCUT2D eigenvalue weighted by atomic mass is 10.1. The summed E-state index contributed by atoms with van der Waals surface area (Å²) in [4.78, 5) is 2.59. The van der Waals surface area contributed by atoms with Crippen LogP contribution in [0.5, 0.6) is 0 Å². The van der Waals surface area contributed by atoms with Crippen molar-refractivity contribution in [2.75, 3.05) is 24.6 Å². The second-order valence-electron chi connectivity index (χ2n) is 4.35. The number of anilines is 1. The molecule has 1 atom stereocenters.